The smallest absolute Gasteiger partial charge is 0.316 e. The minimum atomic E-state index is -0.542. The fraction of sp³-hybridized carbons (Fsp3) is 0.529. The molecule has 1 saturated carbocycles. The molecule has 3 nitrogen and oxygen atoms in total. The van der Waals surface area contributed by atoms with Gasteiger partial charge in [-0.05, 0) is 49.3 Å². The van der Waals surface area contributed by atoms with E-state index in [-0.39, 0.29) is 17.2 Å². The van der Waals surface area contributed by atoms with Crippen LogP contribution in [0.5, 0.6) is 0 Å². The number of carbonyl (C=O) groups excluding carboxylic acids is 2. The summed E-state index contributed by atoms with van der Waals surface area (Å²) in [5.74, 6) is -0.857. The molecule has 0 saturated heterocycles. The summed E-state index contributed by atoms with van der Waals surface area (Å²) in [5.41, 5.74) is 4.05. The van der Waals surface area contributed by atoms with E-state index in [2.05, 4.69) is 25.1 Å². The van der Waals surface area contributed by atoms with E-state index in [0.29, 0.717) is 12.8 Å². The summed E-state index contributed by atoms with van der Waals surface area (Å²) >= 11 is 0. The average Bonchev–Trinajstić information content (AvgIpc) is 2.79. The van der Waals surface area contributed by atoms with Crippen LogP contribution in [0.15, 0.2) is 18.2 Å². The Morgan fingerprint density at radius 3 is 2.85 bits per heavy atom. The number of hydrogen-bond acceptors (Lipinski definition) is 3. The lowest BCUT2D eigenvalue weighted by atomic mass is 9.66. The topological polar surface area (TPSA) is 43.4 Å². The lowest BCUT2D eigenvalue weighted by molar-refractivity contribution is -0.151. The van der Waals surface area contributed by atoms with Crippen molar-refractivity contribution >= 4 is 11.8 Å². The molecule has 106 valence electrons. The molecule has 1 spiro atoms. The third kappa shape index (κ3) is 1.88. The van der Waals surface area contributed by atoms with Crippen LogP contribution >= 0.6 is 0 Å². The first-order valence-electron chi connectivity index (χ1n) is 7.27. The Morgan fingerprint density at radius 2 is 2.15 bits per heavy atom. The number of hydrogen-bond donors (Lipinski definition) is 0. The summed E-state index contributed by atoms with van der Waals surface area (Å²) in [6.45, 7) is 2.14. The van der Waals surface area contributed by atoms with Gasteiger partial charge in [-0.1, -0.05) is 18.2 Å². The first-order valence-corrected chi connectivity index (χ1v) is 7.27. The summed E-state index contributed by atoms with van der Waals surface area (Å²) in [5, 5.41) is 0. The number of ether oxygens (including phenoxy) is 1. The van der Waals surface area contributed by atoms with Crippen LogP contribution in [0.3, 0.4) is 0 Å². The fourth-order valence-corrected chi connectivity index (χ4v) is 3.99. The minimum Gasteiger partial charge on any atom is -0.468 e. The summed E-state index contributed by atoms with van der Waals surface area (Å²) in [6, 6.07) is 6.39. The number of esters is 1. The first kappa shape index (κ1) is 13.3. The molecule has 0 aromatic heterocycles. The molecule has 0 heterocycles. The van der Waals surface area contributed by atoms with Crippen LogP contribution in [0.2, 0.25) is 0 Å². The molecule has 2 aliphatic rings. The maximum absolute atomic E-state index is 12.3. The molecule has 2 aliphatic carbocycles. The highest BCUT2D eigenvalue weighted by Crippen LogP contribution is 2.49. The van der Waals surface area contributed by atoms with Crippen molar-refractivity contribution in [3.05, 3.63) is 34.9 Å². The normalized spacial score (nSPS) is 28.5. The molecule has 3 heteroatoms. The number of benzene rings is 1. The van der Waals surface area contributed by atoms with Gasteiger partial charge in [0.25, 0.3) is 0 Å². The van der Waals surface area contributed by atoms with Crippen molar-refractivity contribution in [2.24, 2.45) is 5.92 Å². The third-order valence-electron chi connectivity index (χ3n) is 5.13. The van der Waals surface area contributed by atoms with Gasteiger partial charge in [0.15, 0.2) is 0 Å². The average molecular weight is 272 g/mol. The number of carbonyl (C=O) groups is 2. The summed E-state index contributed by atoms with van der Waals surface area (Å²) in [4.78, 5) is 24.0. The van der Waals surface area contributed by atoms with Crippen molar-refractivity contribution in [2.75, 3.05) is 7.11 Å². The molecule has 0 bridgehead atoms. The highest BCUT2D eigenvalue weighted by Gasteiger charge is 2.47. The Hall–Kier alpha value is -1.64. The standard InChI is InChI=1S/C17H20O3/c1-11-4-3-5-14-12(11)6-8-17(14)9-7-13(15(18)10-17)16(19)20-2/h3-5,13H,6-10H2,1-2H3. The van der Waals surface area contributed by atoms with Gasteiger partial charge in [-0.15, -0.1) is 0 Å². The Kier molecular flexibility index (Phi) is 3.15. The lowest BCUT2D eigenvalue weighted by Gasteiger charge is -2.36. The van der Waals surface area contributed by atoms with Crippen molar-refractivity contribution in [3.8, 4) is 0 Å². The molecule has 0 aliphatic heterocycles. The van der Waals surface area contributed by atoms with Crippen molar-refractivity contribution < 1.29 is 14.3 Å². The van der Waals surface area contributed by atoms with Crippen LogP contribution in [0.4, 0.5) is 0 Å². The zero-order chi connectivity index (χ0) is 14.3. The molecular formula is C17H20O3. The second kappa shape index (κ2) is 4.72. The summed E-state index contributed by atoms with van der Waals surface area (Å²) in [6.07, 6.45) is 4.11. The molecule has 2 unspecified atom stereocenters. The molecular weight excluding hydrogens is 252 g/mol. The Morgan fingerprint density at radius 1 is 1.35 bits per heavy atom. The second-order valence-electron chi connectivity index (χ2n) is 6.14. The van der Waals surface area contributed by atoms with Gasteiger partial charge in [-0.2, -0.15) is 0 Å². The number of ketones is 1. The van der Waals surface area contributed by atoms with Crippen molar-refractivity contribution in [1.29, 1.82) is 0 Å². The number of fused-ring (bicyclic) bond motifs is 2. The van der Waals surface area contributed by atoms with E-state index in [1.54, 1.807) is 0 Å². The van der Waals surface area contributed by atoms with Gasteiger partial charge in [0.05, 0.1) is 7.11 Å². The van der Waals surface area contributed by atoms with Crippen molar-refractivity contribution in [3.63, 3.8) is 0 Å². The number of rotatable bonds is 1. The van der Waals surface area contributed by atoms with Crippen molar-refractivity contribution in [2.45, 2.75) is 44.4 Å². The maximum Gasteiger partial charge on any atom is 0.316 e. The van der Waals surface area contributed by atoms with E-state index in [9.17, 15) is 9.59 Å². The lowest BCUT2D eigenvalue weighted by Crippen LogP contribution is -2.39. The molecule has 20 heavy (non-hydrogen) atoms. The van der Waals surface area contributed by atoms with E-state index in [1.807, 2.05) is 0 Å². The van der Waals surface area contributed by atoms with E-state index in [1.165, 1.54) is 23.8 Å². The van der Waals surface area contributed by atoms with E-state index in [4.69, 9.17) is 4.74 Å². The highest BCUT2D eigenvalue weighted by atomic mass is 16.5. The van der Waals surface area contributed by atoms with Crippen LogP contribution in [-0.2, 0) is 26.2 Å². The molecule has 1 aromatic rings. The SMILES string of the molecule is COC(=O)C1CCC2(CCc3c(C)cccc32)CC1=O. The number of Topliss-reactive ketones (excluding diaryl/α,β-unsaturated/α-hetero) is 1. The predicted octanol–water partition coefficient (Wildman–Crippen LogP) is 2.72. The van der Waals surface area contributed by atoms with Gasteiger partial charge in [-0.3, -0.25) is 9.59 Å². The van der Waals surface area contributed by atoms with E-state index >= 15 is 0 Å². The number of methoxy groups -OCH3 is 1. The third-order valence-corrected chi connectivity index (χ3v) is 5.13. The summed E-state index contributed by atoms with van der Waals surface area (Å²) < 4.78 is 4.74. The molecule has 0 N–H and O–H groups in total. The monoisotopic (exact) mass is 272 g/mol. The van der Waals surface area contributed by atoms with Gasteiger partial charge in [0.2, 0.25) is 0 Å². The highest BCUT2D eigenvalue weighted by molar-refractivity contribution is 6.00. The number of aryl methyl sites for hydroxylation is 1. The maximum atomic E-state index is 12.3. The molecule has 0 radical (unpaired) electrons. The van der Waals surface area contributed by atoms with Crippen LogP contribution in [-0.4, -0.2) is 18.9 Å². The quantitative estimate of drug-likeness (QED) is 0.583. The van der Waals surface area contributed by atoms with Crippen LogP contribution < -0.4 is 0 Å². The molecule has 2 atom stereocenters. The minimum absolute atomic E-state index is 0.0248. The summed E-state index contributed by atoms with van der Waals surface area (Å²) in [7, 11) is 1.36. The van der Waals surface area contributed by atoms with Crippen LogP contribution in [0, 0.1) is 12.8 Å². The van der Waals surface area contributed by atoms with Crippen LogP contribution in [0.1, 0.15) is 42.4 Å². The Labute approximate surface area is 119 Å². The molecule has 0 amide bonds. The zero-order valence-electron chi connectivity index (χ0n) is 12.1. The molecule has 1 fully saturated rings. The largest absolute Gasteiger partial charge is 0.468 e. The Balaban J connectivity index is 1.90. The predicted molar refractivity (Wildman–Crippen MR) is 75.5 cm³/mol. The fourth-order valence-electron chi connectivity index (χ4n) is 3.99. The van der Waals surface area contributed by atoms with Crippen molar-refractivity contribution in [1.82, 2.24) is 0 Å². The second-order valence-corrected chi connectivity index (χ2v) is 6.14. The van der Waals surface area contributed by atoms with Gasteiger partial charge < -0.3 is 4.74 Å². The van der Waals surface area contributed by atoms with Gasteiger partial charge >= 0.3 is 5.97 Å². The first-order chi connectivity index (χ1) is 9.57. The van der Waals surface area contributed by atoms with Gasteiger partial charge in [-0.25, -0.2) is 0 Å². The van der Waals surface area contributed by atoms with E-state index in [0.717, 1.165) is 19.3 Å². The zero-order valence-corrected chi connectivity index (χ0v) is 12.1. The van der Waals surface area contributed by atoms with Gasteiger partial charge in [0.1, 0.15) is 11.7 Å². The van der Waals surface area contributed by atoms with E-state index < -0.39 is 5.92 Å². The van der Waals surface area contributed by atoms with Gasteiger partial charge in [0, 0.05) is 11.8 Å². The Bertz CT molecular complexity index is 576. The molecule has 1 aromatic carbocycles. The van der Waals surface area contributed by atoms with Crippen LogP contribution in [0.25, 0.3) is 0 Å². The molecule has 3 rings (SSSR count).